The molecule has 0 aliphatic heterocycles. The Labute approximate surface area is 486 Å². The Bertz CT molecular complexity index is 4750. The van der Waals surface area contributed by atoms with E-state index in [4.69, 9.17) is 8.83 Å². The Morgan fingerprint density at radius 3 is 1.07 bits per heavy atom. The van der Waals surface area contributed by atoms with Gasteiger partial charge in [-0.2, -0.15) is 0 Å². The second kappa shape index (κ2) is 18.6. The lowest BCUT2D eigenvalue weighted by molar-refractivity contribution is 0.572. The molecule has 0 spiro atoms. The van der Waals surface area contributed by atoms with Crippen molar-refractivity contribution in [3.8, 4) is 0 Å². The molecule has 6 heteroatoms. The normalized spacial score (nSPS) is 12.7. The fourth-order valence-corrected chi connectivity index (χ4v) is 15.2. The van der Waals surface area contributed by atoms with Crippen LogP contribution in [0.15, 0.2) is 203 Å². The molecule has 15 aromatic rings. The summed E-state index contributed by atoms with van der Waals surface area (Å²) in [5.41, 5.74) is 15.0. The number of hydrogen-bond donors (Lipinski definition) is 0. The number of thiophene rings is 2. The number of rotatable bonds is 8. The molecule has 0 aliphatic rings. The molecule has 0 radical (unpaired) electrons. The second-order valence-electron chi connectivity index (χ2n) is 25.3. The van der Waals surface area contributed by atoms with E-state index in [0.717, 1.165) is 78.0 Å². The van der Waals surface area contributed by atoms with Crippen molar-refractivity contribution in [2.45, 2.75) is 91.9 Å². The first-order valence-corrected chi connectivity index (χ1v) is 30.6. The van der Waals surface area contributed by atoms with Crippen LogP contribution in [0.4, 0.5) is 34.1 Å². The van der Waals surface area contributed by atoms with Crippen LogP contribution < -0.4 is 9.80 Å². The van der Waals surface area contributed by atoms with Crippen LogP contribution in [-0.2, 0) is 10.8 Å². The van der Waals surface area contributed by atoms with Crippen LogP contribution in [0.1, 0.15) is 103 Å². The molecule has 0 amide bonds. The Hall–Kier alpha value is -8.42. The molecule has 15 rings (SSSR count). The molecule has 82 heavy (non-hydrogen) atoms. The third kappa shape index (κ3) is 8.04. The fourth-order valence-electron chi connectivity index (χ4n) is 12.9. The van der Waals surface area contributed by atoms with Crippen molar-refractivity contribution < 1.29 is 8.83 Å². The predicted octanol–water partition coefficient (Wildman–Crippen LogP) is 24.3. The smallest absolute Gasteiger partial charge is 0.159 e. The summed E-state index contributed by atoms with van der Waals surface area (Å²) in [5, 5.41) is 14.7. The van der Waals surface area contributed by atoms with Gasteiger partial charge in [0.1, 0.15) is 11.2 Å². The van der Waals surface area contributed by atoms with Gasteiger partial charge in [0, 0.05) is 95.8 Å². The highest BCUT2D eigenvalue weighted by molar-refractivity contribution is 7.28. The standard InChI is InChI=1S/C76H64N2O2S2/c1-43(2)45-23-29-51(30-24-45)77(63-21-13-17-57-55-15-11-19-61(75(5,6)7)71(55)79-73(57)63)53-33-27-47-39-59-67(41-49(47)37-53)81-65-35-36-66-70(69(59)65)60-40-48-28-34-54(38-50(48)42-68(60)82-66)78(52-31-25-46(26-32-52)44(3)4)64-22-14-18-58-56-16-12-20-62(76(8,9)10)72(56)80-74(58)64/h11-44H,1-10H3. The van der Waals surface area contributed by atoms with E-state index in [9.17, 15) is 0 Å². The molecule has 4 heterocycles. The molecule has 0 saturated heterocycles. The van der Waals surface area contributed by atoms with Crippen molar-refractivity contribution in [2.75, 3.05) is 9.80 Å². The number of hydrogen-bond acceptors (Lipinski definition) is 6. The van der Waals surface area contributed by atoms with E-state index in [1.54, 1.807) is 0 Å². The van der Waals surface area contributed by atoms with Gasteiger partial charge in [0.15, 0.2) is 11.2 Å². The Morgan fingerprint density at radius 1 is 0.329 bits per heavy atom. The van der Waals surface area contributed by atoms with Gasteiger partial charge in [0.2, 0.25) is 0 Å². The van der Waals surface area contributed by atoms with Crippen LogP contribution in [0.2, 0.25) is 0 Å². The minimum Gasteiger partial charge on any atom is -0.454 e. The first kappa shape index (κ1) is 50.5. The maximum Gasteiger partial charge on any atom is 0.159 e. The highest BCUT2D eigenvalue weighted by Crippen LogP contribution is 2.50. The van der Waals surface area contributed by atoms with Gasteiger partial charge in [0.05, 0.1) is 11.4 Å². The van der Waals surface area contributed by atoms with Crippen LogP contribution in [0.25, 0.3) is 106 Å². The summed E-state index contributed by atoms with van der Waals surface area (Å²) in [6, 6.07) is 72.9. The van der Waals surface area contributed by atoms with Crippen molar-refractivity contribution in [1.29, 1.82) is 0 Å². The van der Waals surface area contributed by atoms with Crippen LogP contribution in [-0.4, -0.2) is 0 Å². The summed E-state index contributed by atoms with van der Waals surface area (Å²) in [6.07, 6.45) is 0. The summed E-state index contributed by atoms with van der Waals surface area (Å²) in [7, 11) is 0. The topological polar surface area (TPSA) is 32.8 Å². The molecule has 0 N–H and O–H groups in total. The van der Waals surface area contributed by atoms with Gasteiger partial charge >= 0.3 is 0 Å². The summed E-state index contributed by atoms with van der Waals surface area (Å²) in [5.74, 6) is 0.857. The highest BCUT2D eigenvalue weighted by atomic mass is 32.1. The van der Waals surface area contributed by atoms with Gasteiger partial charge in [-0.15, -0.1) is 22.7 Å². The van der Waals surface area contributed by atoms with Gasteiger partial charge in [-0.05, 0) is 152 Å². The largest absolute Gasteiger partial charge is 0.454 e. The van der Waals surface area contributed by atoms with Gasteiger partial charge in [-0.1, -0.05) is 166 Å². The lowest BCUT2D eigenvalue weighted by Gasteiger charge is -2.26. The van der Waals surface area contributed by atoms with Crippen molar-refractivity contribution >= 4 is 163 Å². The van der Waals surface area contributed by atoms with Crippen LogP contribution in [0, 0.1) is 0 Å². The van der Waals surface area contributed by atoms with Crippen LogP contribution in [0.3, 0.4) is 0 Å². The van der Waals surface area contributed by atoms with E-state index in [-0.39, 0.29) is 10.8 Å². The predicted molar refractivity (Wildman–Crippen MR) is 357 cm³/mol. The fraction of sp³-hybridized carbons (Fsp3) is 0.184. The molecule has 0 bridgehead atoms. The molecular formula is C76H64N2O2S2. The molecule has 0 aliphatic carbocycles. The summed E-state index contributed by atoms with van der Waals surface area (Å²) < 4.78 is 19.3. The molecule has 0 saturated carbocycles. The number of benzene rings is 11. The zero-order valence-electron chi connectivity index (χ0n) is 48.2. The maximum absolute atomic E-state index is 7.03. The quantitative estimate of drug-likeness (QED) is 0.152. The molecule has 0 unspecified atom stereocenters. The number of nitrogens with zero attached hydrogens (tertiary/aromatic N) is 2. The summed E-state index contributed by atoms with van der Waals surface area (Å²) in [4.78, 5) is 4.78. The van der Waals surface area contributed by atoms with Crippen molar-refractivity contribution in [1.82, 2.24) is 0 Å². The molecular weight excluding hydrogens is 1040 g/mol. The molecule has 402 valence electrons. The average molecular weight is 1100 g/mol. The van der Waals surface area contributed by atoms with Crippen LogP contribution in [0.5, 0.6) is 0 Å². The molecule has 0 fully saturated rings. The Morgan fingerprint density at radius 2 is 0.695 bits per heavy atom. The number of anilines is 6. The monoisotopic (exact) mass is 1100 g/mol. The minimum atomic E-state index is -0.0748. The van der Waals surface area contributed by atoms with Gasteiger partial charge < -0.3 is 18.6 Å². The van der Waals surface area contributed by atoms with E-state index in [2.05, 4.69) is 273 Å². The Balaban J connectivity index is 0.858. The Kier molecular flexibility index (Phi) is 11.4. The molecule has 4 nitrogen and oxygen atoms in total. The van der Waals surface area contributed by atoms with E-state index < -0.39 is 0 Å². The van der Waals surface area contributed by atoms with Gasteiger partial charge in [0.25, 0.3) is 0 Å². The third-order valence-electron chi connectivity index (χ3n) is 17.2. The van der Waals surface area contributed by atoms with E-state index in [0.29, 0.717) is 11.8 Å². The van der Waals surface area contributed by atoms with E-state index in [1.807, 2.05) is 22.7 Å². The highest BCUT2D eigenvalue weighted by Gasteiger charge is 2.27. The zero-order valence-corrected chi connectivity index (χ0v) is 49.8. The van der Waals surface area contributed by atoms with Crippen molar-refractivity contribution in [3.63, 3.8) is 0 Å². The number of fused-ring (bicyclic) bond motifs is 15. The van der Waals surface area contributed by atoms with E-state index in [1.165, 1.54) is 84.1 Å². The number of furan rings is 2. The first-order chi connectivity index (χ1) is 39.5. The van der Waals surface area contributed by atoms with Gasteiger partial charge in [-0.25, -0.2) is 0 Å². The second-order valence-corrected chi connectivity index (χ2v) is 27.5. The lowest BCUT2D eigenvalue weighted by atomic mass is 9.86. The van der Waals surface area contributed by atoms with Crippen LogP contribution >= 0.6 is 22.7 Å². The van der Waals surface area contributed by atoms with E-state index >= 15 is 0 Å². The summed E-state index contributed by atoms with van der Waals surface area (Å²) >= 11 is 3.79. The SMILES string of the molecule is CC(C)c1ccc(N(c2ccc3cc4c(cc3c2)sc2ccc3sc5cc6cc(N(c7ccc(C(C)C)cc7)c7cccc8c7oc7c(C(C)(C)C)cccc78)ccc6cc5c3c24)c2cccc3c2oc2c(C(C)(C)C)cccc23)cc1. The maximum atomic E-state index is 7.03. The third-order valence-corrected chi connectivity index (χ3v) is 19.4. The van der Waals surface area contributed by atoms with Gasteiger partial charge in [-0.3, -0.25) is 0 Å². The lowest BCUT2D eigenvalue weighted by Crippen LogP contribution is -2.11. The molecule has 11 aromatic carbocycles. The minimum absolute atomic E-state index is 0.0748. The molecule has 0 atom stereocenters. The molecule has 4 aromatic heterocycles. The average Bonchev–Trinajstić information content (AvgIpc) is 3.57. The zero-order chi connectivity index (χ0) is 56.1. The van der Waals surface area contributed by atoms with Crippen molar-refractivity contribution in [2.24, 2.45) is 0 Å². The summed E-state index contributed by atoms with van der Waals surface area (Å²) in [6.45, 7) is 22.6. The first-order valence-electron chi connectivity index (χ1n) is 28.9. The number of para-hydroxylation sites is 4. The van der Waals surface area contributed by atoms with Crippen molar-refractivity contribution in [3.05, 3.63) is 216 Å².